The van der Waals surface area contributed by atoms with E-state index in [1.807, 2.05) is 87.4 Å². The maximum Gasteiger partial charge on any atom is 0.496 e. The van der Waals surface area contributed by atoms with Crippen LogP contribution in [-0.2, 0) is 28.6 Å². The molecule has 6 heterocycles. The number of fused-ring (bicyclic) bond motifs is 2. The summed E-state index contributed by atoms with van der Waals surface area (Å²) in [6.45, 7) is 29.8. The third-order valence-electron chi connectivity index (χ3n) is 10.2. The Morgan fingerprint density at radius 3 is 1.53 bits per heavy atom. The van der Waals surface area contributed by atoms with Crippen LogP contribution in [0.25, 0.3) is 22.3 Å². The highest BCUT2D eigenvalue weighted by atomic mass is 79.9. The molecule has 0 radical (unpaired) electrons. The molecule has 5 aromatic rings. The van der Waals surface area contributed by atoms with Crippen LogP contribution in [0.15, 0.2) is 36.7 Å². The third-order valence-corrected chi connectivity index (χ3v) is 11.6. The summed E-state index contributed by atoms with van der Waals surface area (Å²) in [5.74, 6) is 0.778. The smallest absolute Gasteiger partial charge is 0.399 e. The van der Waals surface area contributed by atoms with E-state index in [2.05, 4.69) is 77.9 Å². The zero-order chi connectivity index (χ0) is 43.6. The van der Waals surface area contributed by atoms with E-state index in [0.29, 0.717) is 39.9 Å². The molecule has 58 heavy (non-hydrogen) atoms. The molecule has 1 saturated heterocycles. The summed E-state index contributed by atoms with van der Waals surface area (Å²) in [4.78, 5) is 47.3. The van der Waals surface area contributed by atoms with Crippen molar-refractivity contribution in [3.8, 4) is 0 Å². The average molecular weight is 926 g/mol. The summed E-state index contributed by atoms with van der Waals surface area (Å²) < 4.78 is 17.8. The number of anilines is 2. The lowest BCUT2D eigenvalue weighted by Gasteiger charge is -2.32. The van der Waals surface area contributed by atoms with Gasteiger partial charge in [0.15, 0.2) is 11.3 Å². The van der Waals surface area contributed by atoms with Gasteiger partial charge in [-0.2, -0.15) is 0 Å². The van der Waals surface area contributed by atoms with Crippen LogP contribution in [0.1, 0.15) is 131 Å². The molecule has 1 fully saturated rings. The van der Waals surface area contributed by atoms with E-state index in [-0.39, 0.29) is 23.2 Å². The largest absolute Gasteiger partial charge is 0.496 e. The van der Waals surface area contributed by atoms with E-state index in [9.17, 15) is 9.59 Å². The fourth-order valence-electron chi connectivity index (χ4n) is 6.41. The van der Waals surface area contributed by atoms with Crippen molar-refractivity contribution in [3.63, 3.8) is 0 Å². The molecular formula is C42H60BBr2N9O4. The number of rotatable bonds is 8. The van der Waals surface area contributed by atoms with Crippen LogP contribution in [0.2, 0.25) is 0 Å². The quantitative estimate of drug-likeness (QED) is 0.144. The number of nitrogen functional groups attached to an aromatic ring is 1. The molecule has 0 aromatic carbocycles. The molecule has 0 amide bonds. The molecule has 0 saturated carbocycles. The van der Waals surface area contributed by atoms with Crippen LogP contribution in [0.4, 0.5) is 11.5 Å². The highest BCUT2D eigenvalue weighted by Gasteiger charge is 2.52. The maximum absolute atomic E-state index is 12.5. The van der Waals surface area contributed by atoms with Gasteiger partial charge in [0, 0.05) is 38.2 Å². The highest BCUT2D eigenvalue weighted by molar-refractivity contribution is 9.10. The van der Waals surface area contributed by atoms with E-state index in [1.54, 1.807) is 23.0 Å². The molecular weight excluding hydrogens is 865 g/mol. The molecule has 0 aliphatic carbocycles. The predicted molar refractivity (Wildman–Crippen MR) is 244 cm³/mol. The number of aryl methyl sites for hydroxylation is 5. The van der Waals surface area contributed by atoms with Crippen LogP contribution >= 0.6 is 31.9 Å². The summed E-state index contributed by atoms with van der Waals surface area (Å²) in [6.07, 6.45) is 2.43. The molecule has 0 spiro atoms. The second kappa shape index (κ2) is 18.7. The minimum atomic E-state index is -0.492. The second-order valence-electron chi connectivity index (χ2n) is 16.4. The SMILES string of the molecule is CCc1nc(NC(C)C)c(N)cc1Br.CCc1nc2c(cc1B1OC(C)(C)C(C)(C)O1)nc(C)c(=O)n2C(C)C.CCc1nc2c(cc1Br)nc(C)c(=O)n2C(C)C. The number of nitrogens with zero attached hydrogens (tertiary/aromatic N) is 7. The van der Waals surface area contributed by atoms with Crippen molar-refractivity contribution < 1.29 is 9.31 Å². The predicted octanol–water partition coefficient (Wildman–Crippen LogP) is 8.36. The molecule has 0 atom stereocenters. The van der Waals surface area contributed by atoms with Gasteiger partial charge in [0.25, 0.3) is 11.1 Å². The Morgan fingerprint density at radius 1 is 0.690 bits per heavy atom. The Hall–Kier alpha value is -3.73. The molecule has 13 nitrogen and oxygen atoms in total. The van der Waals surface area contributed by atoms with Gasteiger partial charge in [0.2, 0.25) is 0 Å². The molecule has 1 aliphatic heterocycles. The fourth-order valence-corrected chi connectivity index (χ4v) is 7.61. The van der Waals surface area contributed by atoms with E-state index in [1.165, 1.54) is 0 Å². The fraction of sp³-hybridized carbons (Fsp3) is 0.548. The van der Waals surface area contributed by atoms with Crippen molar-refractivity contribution in [2.75, 3.05) is 11.1 Å². The number of halogens is 2. The lowest BCUT2D eigenvalue weighted by molar-refractivity contribution is 0.00578. The van der Waals surface area contributed by atoms with Gasteiger partial charge in [-0.3, -0.25) is 18.7 Å². The van der Waals surface area contributed by atoms with E-state index in [0.717, 1.165) is 62.1 Å². The molecule has 5 aromatic heterocycles. The van der Waals surface area contributed by atoms with Crippen LogP contribution in [0.3, 0.4) is 0 Å². The first-order valence-corrected chi connectivity index (χ1v) is 21.6. The molecule has 16 heteroatoms. The number of nitrogens with two attached hydrogens (primary N) is 1. The number of nitrogens with one attached hydrogen (secondary N) is 1. The second-order valence-corrected chi connectivity index (χ2v) is 18.1. The van der Waals surface area contributed by atoms with Gasteiger partial charge >= 0.3 is 7.12 Å². The Labute approximate surface area is 359 Å². The van der Waals surface area contributed by atoms with Crippen molar-refractivity contribution in [1.82, 2.24) is 34.1 Å². The zero-order valence-electron chi connectivity index (χ0n) is 36.8. The molecule has 3 N–H and O–H groups in total. The molecule has 6 rings (SSSR count). The van der Waals surface area contributed by atoms with Crippen molar-refractivity contribution in [2.45, 2.75) is 152 Å². The topological polar surface area (TPSA) is 165 Å². The van der Waals surface area contributed by atoms with Gasteiger partial charge in [0.1, 0.15) is 28.2 Å². The van der Waals surface area contributed by atoms with Crippen LogP contribution in [0, 0.1) is 13.8 Å². The lowest BCUT2D eigenvalue weighted by atomic mass is 9.77. The summed E-state index contributed by atoms with van der Waals surface area (Å²) in [7, 11) is -0.492. The van der Waals surface area contributed by atoms with E-state index in [4.69, 9.17) is 20.0 Å². The van der Waals surface area contributed by atoms with E-state index < -0.39 is 18.3 Å². The Morgan fingerprint density at radius 2 is 1.10 bits per heavy atom. The number of hydrogen-bond donors (Lipinski definition) is 2. The minimum Gasteiger partial charge on any atom is -0.399 e. The lowest BCUT2D eigenvalue weighted by Crippen LogP contribution is -2.41. The Kier molecular flexibility index (Phi) is 15.1. The first kappa shape index (κ1) is 47.0. The van der Waals surface area contributed by atoms with Gasteiger partial charge in [0.05, 0.1) is 28.3 Å². The number of pyridine rings is 3. The molecule has 0 unspecified atom stereocenters. The summed E-state index contributed by atoms with van der Waals surface area (Å²) in [5.41, 5.74) is 13.0. The van der Waals surface area contributed by atoms with Gasteiger partial charge in [-0.15, -0.1) is 0 Å². The van der Waals surface area contributed by atoms with Gasteiger partial charge in [-0.05, 0) is 152 Å². The Balaban J connectivity index is 0.000000204. The Bertz CT molecular complexity index is 2400. The minimum absolute atomic E-state index is 0.00611. The van der Waals surface area contributed by atoms with Crippen molar-refractivity contribution in [2.24, 2.45) is 0 Å². The van der Waals surface area contributed by atoms with Crippen LogP contribution < -0.4 is 27.6 Å². The van der Waals surface area contributed by atoms with Crippen LogP contribution in [-0.4, -0.2) is 58.4 Å². The molecule has 1 aliphatic rings. The van der Waals surface area contributed by atoms with Crippen molar-refractivity contribution in [1.29, 1.82) is 0 Å². The first-order chi connectivity index (χ1) is 27.0. The van der Waals surface area contributed by atoms with Crippen LogP contribution in [0.5, 0.6) is 0 Å². The number of hydrogen-bond acceptors (Lipinski definition) is 11. The van der Waals surface area contributed by atoms with Crippen molar-refractivity contribution >= 4 is 78.3 Å². The monoisotopic (exact) mass is 923 g/mol. The standard InChI is InChI=1S/C19H28BN3O3.C13H16BrN3O.C10H16BrN3/c1-9-14-13(20-25-18(5,6)19(7,8)26-20)10-15-16(22-14)23(11(2)3)17(24)12(4)21-15;1-5-10-9(14)6-11-12(16-10)17(7(2)3)13(18)8(4)15-11;1-4-9-7(11)5-8(12)10(14-9)13-6(2)3/h10-11H,9H2,1-8H3;6-7H,5H2,1-4H3;5-6H,4,12H2,1-3H3,(H,13,14). The zero-order valence-corrected chi connectivity index (χ0v) is 39.9. The molecule has 0 bridgehead atoms. The van der Waals surface area contributed by atoms with Gasteiger partial charge in [-0.25, -0.2) is 24.9 Å². The molecule has 314 valence electrons. The average Bonchev–Trinajstić information content (AvgIpc) is 3.35. The highest BCUT2D eigenvalue weighted by Crippen LogP contribution is 2.37. The first-order valence-electron chi connectivity index (χ1n) is 20.1. The van der Waals surface area contributed by atoms with Gasteiger partial charge in [-0.1, -0.05) is 20.8 Å². The van der Waals surface area contributed by atoms with Gasteiger partial charge < -0.3 is 20.4 Å². The summed E-state index contributed by atoms with van der Waals surface area (Å²) >= 11 is 6.93. The van der Waals surface area contributed by atoms with Crippen molar-refractivity contribution in [3.05, 3.63) is 76.3 Å². The maximum atomic E-state index is 12.5. The summed E-state index contributed by atoms with van der Waals surface area (Å²) in [6, 6.07) is 6.22. The third kappa shape index (κ3) is 9.99. The normalized spacial score (nSPS) is 14.6. The number of aromatic nitrogens is 7. The summed E-state index contributed by atoms with van der Waals surface area (Å²) in [5, 5.41) is 3.22. The van der Waals surface area contributed by atoms with E-state index >= 15 is 0 Å².